The summed E-state index contributed by atoms with van der Waals surface area (Å²) in [6, 6.07) is 5.53. The van der Waals surface area contributed by atoms with Crippen LogP contribution in [0.2, 0.25) is 5.02 Å². The van der Waals surface area contributed by atoms with Crippen LogP contribution in [0.5, 0.6) is 0 Å². The van der Waals surface area contributed by atoms with Gasteiger partial charge in [-0.05, 0) is 25.2 Å². The second kappa shape index (κ2) is 8.73. The van der Waals surface area contributed by atoms with Crippen molar-refractivity contribution in [2.45, 2.75) is 0 Å². The summed E-state index contributed by atoms with van der Waals surface area (Å²) >= 11 is 6.34. The molecule has 0 aromatic heterocycles. The molecular formula is C17H22ClN3O4. The van der Waals surface area contributed by atoms with Gasteiger partial charge in [0.25, 0.3) is 0 Å². The van der Waals surface area contributed by atoms with Gasteiger partial charge < -0.3 is 24.6 Å². The smallest absolute Gasteiger partial charge is 0.354 e. The lowest BCUT2D eigenvalue weighted by Gasteiger charge is -2.34. The molecule has 1 aliphatic heterocycles. The zero-order valence-corrected chi connectivity index (χ0v) is 15.3. The fraction of sp³-hybridized carbons (Fsp3) is 0.412. The minimum absolute atomic E-state index is 0.0522. The van der Waals surface area contributed by atoms with E-state index in [-0.39, 0.29) is 5.70 Å². The van der Waals surface area contributed by atoms with Gasteiger partial charge in [-0.1, -0.05) is 11.6 Å². The Balaban J connectivity index is 2.17. The number of esters is 2. The highest BCUT2D eigenvalue weighted by molar-refractivity contribution is 6.33. The van der Waals surface area contributed by atoms with Gasteiger partial charge in [0.1, 0.15) is 5.70 Å². The average molecular weight is 368 g/mol. The van der Waals surface area contributed by atoms with Crippen molar-refractivity contribution in [3.63, 3.8) is 0 Å². The Labute approximate surface area is 152 Å². The molecule has 0 bridgehead atoms. The quantitative estimate of drug-likeness (QED) is 0.627. The van der Waals surface area contributed by atoms with Crippen molar-refractivity contribution < 1.29 is 19.1 Å². The minimum Gasteiger partial charge on any atom is -0.466 e. The topological polar surface area (TPSA) is 71.1 Å². The van der Waals surface area contributed by atoms with Crippen LogP contribution in [0.4, 0.5) is 11.4 Å². The van der Waals surface area contributed by atoms with Gasteiger partial charge >= 0.3 is 11.9 Å². The molecular weight excluding hydrogens is 346 g/mol. The minimum atomic E-state index is -0.690. The number of hydrogen-bond acceptors (Lipinski definition) is 7. The van der Waals surface area contributed by atoms with E-state index in [1.54, 1.807) is 6.07 Å². The van der Waals surface area contributed by atoms with Gasteiger partial charge in [-0.25, -0.2) is 9.59 Å². The Morgan fingerprint density at radius 3 is 2.40 bits per heavy atom. The third-order valence-corrected chi connectivity index (χ3v) is 4.27. The highest BCUT2D eigenvalue weighted by Gasteiger charge is 2.17. The van der Waals surface area contributed by atoms with Crippen LogP contribution >= 0.6 is 11.6 Å². The third kappa shape index (κ3) is 5.11. The molecule has 0 saturated carbocycles. The van der Waals surface area contributed by atoms with Crippen LogP contribution in [-0.2, 0) is 19.1 Å². The molecule has 25 heavy (non-hydrogen) atoms. The van der Waals surface area contributed by atoms with E-state index in [9.17, 15) is 9.59 Å². The lowest BCUT2D eigenvalue weighted by Crippen LogP contribution is -2.44. The number of benzene rings is 1. The Morgan fingerprint density at radius 2 is 1.84 bits per heavy atom. The van der Waals surface area contributed by atoms with Crippen molar-refractivity contribution in [3.8, 4) is 0 Å². The van der Waals surface area contributed by atoms with Crippen LogP contribution in [-0.4, -0.2) is 64.3 Å². The first kappa shape index (κ1) is 19.1. The van der Waals surface area contributed by atoms with Gasteiger partial charge in [0.15, 0.2) is 0 Å². The number of halogens is 1. The van der Waals surface area contributed by atoms with Gasteiger partial charge in [0.05, 0.1) is 31.0 Å². The molecule has 0 radical (unpaired) electrons. The van der Waals surface area contributed by atoms with Crippen molar-refractivity contribution in [1.29, 1.82) is 0 Å². The molecule has 1 aromatic rings. The normalized spacial score (nSPS) is 15.7. The summed E-state index contributed by atoms with van der Waals surface area (Å²) in [7, 11) is 4.55. The predicted octanol–water partition coefficient (Wildman–Crippen LogP) is 1.73. The van der Waals surface area contributed by atoms with Gasteiger partial charge in [-0.2, -0.15) is 0 Å². The number of carbonyl (C=O) groups is 2. The van der Waals surface area contributed by atoms with Crippen LogP contribution in [0.25, 0.3) is 0 Å². The largest absolute Gasteiger partial charge is 0.466 e. The lowest BCUT2D eigenvalue weighted by molar-refractivity contribution is -0.138. The van der Waals surface area contributed by atoms with Crippen molar-refractivity contribution in [2.75, 3.05) is 57.7 Å². The van der Waals surface area contributed by atoms with Crippen LogP contribution in [0.1, 0.15) is 0 Å². The molecule has 0 aliphatic carbocycles. The summed E-state index contributed by atoms with van der Waals surface area (Å²) < 4.78 is 9.21. The molecule has 7 nitrogen and oxygen atoms in total. The van der Waals surface area contributed by atoms with E-state index in [0.717, 1.165) is 37.9 Å². The number of rotatable bonds is 5. The molecule has 8 heteroatoms. The second-order valence-corrected chi connectivity index (χ2v) is 6.06. The summed E-state index contributed by atoms with van der Waals surface area (Å²) in [4.78, 5) is 27.7. The number of piperazine rings is 1. The standard InChI is InChI=1S/C17H22ClN3O4/c1-20-6-8-21(9-7-20)12-4-5-14(13(18)10-12)19-15(17(23)25-3)11-16(22)24-2/h4-5,10-11,19H,6-9H2,1-3H3/b15-11+. The zero-order valence-electron chi connectivity index (χ0n) is 14.5. The van der Waals surface area contributed by atoms with E-state index in [2.05, 4.69) is 31.6 Å². The molecule has 1 aliphatic rings. The molecule has 2 rings (SSSR count). The molecule has 0 spiro atoms. The first-order chi connectivity index (χ1) is 11.9. The van der Waals surface area contributed by atoms with E-state index < -0.39 is 11.9 Å². The molecule has 0 unspecified atom stereocenters. The van der Waals surface area contributed by atoms with Crippen LogP contribution in [0.15, 0.2) is 30.0 Å². The lowest BCUT2D eigenvalue weighted by atomic mass is 10.2. The Kier molecular flexibility index (Phi) is 6.66. The van der Waals surface area contributed by atoms with E-state index in [4.69, 9.17) is 11.6 Å². The summed E-state index contributed by atoms with van der Waals surface area (Å²) in [5.74, 6) is -1.36. The number of likely N-dealkylation sites (N-methyl/N-ethyl adjacent to an activating group) is 1. The molecule has 1 fully saturated rings. The maximum absolute atomic E-state index is 11.8. The van der Waals surface area contributed by atoms with E-state index >= 15 is 0 Å². The maximum atomic E-state index is 11.8. The zero-order chi connectivity index (χ0) is 18.4. The van der Waals surface area contributed by atoms with E-state index in [1.807, 2.05) is 12.1 Å². The maximum Gasteiger partial charge on any atom is 0.354 e. The first-order valence-electron chi connectivity index (χ1n) is 7.82. The first-order valence-corrected chi connectivity index (χ1v) is 8.20. The molecule has 1 aromatic carbocycles. The van der Waals surface area contributed by atoms with Crippen LogP contribution in [0, 0.1) is 0 Å². The van der Waals surface area contributed by atoms with Crippen molar-refractivity contribution >= 4 is 34.9 Å². The number of nitrogens with zero attached hydrogens (tertiary/aromatic N) is 2. The summed E-state index contributed by atoms with van der Waals surface area (Å²) in [5, 5.41) is 3.27. The van der Waals surface area contributed by atoms with Gasteiger partial charge in [0, 0.05) is 31.9 Å². The van der Waals surface area contributed by atoms with Crippen molar-refractivity contribution in [3.05, 3.63) is 35.0 Å². The molecule has 1 saturated heterocycles. The second-order valence-electron chi connectivity index (χ2n) is 5.65. The summed E-state index contributed by atoms with van der Waals surface area (Å²) in [6.07, 6.45) is 1.02. The Hall–Kier alpha value is -2.25. The Morgan fingerprint density at radius 1 is 1.16 bits per heavy atom. The molecule has 136 valence electrons. The third-order valence-electron chi connectivity index (χ3n) is 3.96. The van der Waals surface area contributed by atoms with Gasteiger partial charge in [-0.3, -0.25) is 0 Å². The number of methoxy groups -OCH3 is 2. The molecule has 1 N–H and O–H groups in total. The molecule has 0 atom stereocenters. The van der Waals surface area contributed by atoms with Crippen LogP contribution < -0.4 is 10.2 Å². The van der Waals surface area contributed by atoms with Gasteiger partial charge in [-0.15, -0.1) is 0 Å². The number of hydrogen-bond donors (Lipinski definition) is 1. The van der Waals surface area contributed by atoms with Gasteiger partial charge in [0.2, 0.25) is 0 Å². The highest BCUT2D eigenvalue weighted by atomic mass is 35.5. The molecule has 1 heterocycles. The Bertz CT molecular complexity index is 670. The number of nitrogens with one attached hydrogen (secondary N) is 1. The summed E-state index contributed by atoms with van der Waals surface area (Å²) in [6.45, 7) is 3.84. The number of carbonyl (C=O) groups excluding carboxylic acids is 2. The fourth-order valence-electron chi connectivity index (χ4n) is 2.44. The van der Waals surface area contributed by atoms with Crippen LogP contribution in [0.3, 0.4) is 0 Å². The number of anilines is 2. The summed E-state index contributed by atoms with van der Waals surface area (Å²) in [5.41, 5.74) is 1.46. The monoisotopic (exact) mass is 367 g/mol. The SMILES string of the molecule is COC(=O)/C=C(/Nc1ccc(N2CCN(C)CC2)cc1Cl)C(=O)OC. The number of ether oxygens (including phenoxy) is 2. The van der Waals surface area contributed by atoms with Crippen molar-refractivity contribution in [1.82, 2.24) is 4.90 Å². The van der Waals surface area contributed by atoms with E-state index in [1.165, 1.54) is 14.2 Å². The average Bonchev–Trinajstić information content (AvgIpc) is 2.62. The highest BCUT2D eigenvalue weighted by Crippen LogP contribution is 2.29. The van der Waals surface area contributed by atoms with Crippen molar-refractivity contribution in [2.24, 2.45) is 0 Å². The molecule has 0 amide bonds. The van der Waals surface area contributed by atoms with E-state index in [0.29, 0.717) is 10.7 Å². The fourth-order valence-corrected chi connectivity index (χ4v) is 2.67. The predicted molar refractivity (Wildman–Crippen MR) is 96.9 cm³/mol.